The first-order valence-electron chi connectivity index (χ1n) is 11.2. The second-order valence-electron chi connectivity index (χ2n) is 8.42. The molecule has 0 saturated carbocycles. The standard InChI is InChI=1S/C26H23ClFN5O2/c1-16-13-29-26(30-21-7-5-20(28)6-8-21)31-24(16)18-12-22-25(35)33(10-9-32(22)14-18)23(15-34)17-3-2-4-19(27)11-17/h2-8,11-14,23,34H,9-10,15H2,1H3,(H,29,30,31). The van der Waals surface area contributed by atoms with Gasteiger partial charge in [0.1, 0.15) is 11.5 Å². The second-order valence-corrected chi connectivity index (χ2v) is 8.85. The largest absolute Gasteiger partial charge is 0.394 e. The fourth-order valence-electron chi connectivity index (χ4n) is 4.32. The van der Waals surface area contributed by atoms with E-state index < -0.39 is 6.04 Å². The number of carbonyl (C=O) groups is 1. The van der Waals surface area contributed by atoms with Crippen molar-refractivity contribution in [2.75, 3.05) is 18.5 Å². The molecule has 2 N–H and O–H groups in total. The summed E-state index contributed by atoms with van der Waals surface area (Å²) in [6.45, 7) is 2.74. The lowest BCUT2D eigenvalue weighted by Crippen LogP contribution is -2.43. The van der Waals surface area contributed by atoms with Gasteiger partial charge in [-0.25, -0.2) is 14.4 Å². The number of aliphatic hydroxyl groups is 1. The van der Waals surface area contributed by atoms with E-state index in [-0.39, 0.29) is 18.3 Å². The zero-order chi connectivity index (χ0) is 24.5. The lowest BCUT2D eigenvalue weighted by atomic mass is 10.0. The first-order valence-corrected chi connectivity index (χ1v) is 11.5. The number of fused-ring (bicyclic) bond motifs is 1. The minimum absolute atomic E-state index is 0.169. The number of anilines is 2. The van der Waals surface area contributed by atoms with Gasteiger partial charge in [-0.2, -0.15) is 0 Å². The molecule has 2 aromatic carbocycles. The highest BCUT2D eigenvalue weighted by atomic mass is 35.5. The molecule has 0 saturated heterocycles. The Morgan fingerprint density at radius 1 is 1.17 bits per heavy atom. The van der Waals surface area contributed by atoms with Gasteiger partial charge in [-0.1, -0.05) is 23.7 Å². The van der Waals surface area contributed by atoms with Crippen molar-refractivity contribution in [2.45, 2.75) is 19.5 Å². The maximum absolute atomic E-state index is 13.4. The summed E-state index contributed by atoms with van der Waals surface area (Å²) >= 11 is 6.14. The number of hydrogen-bond acceptors (Lipinski definition) is 5. The molecule has 3 heterocycles. The van der Waals surface area contributed by atoms with Crippen molar-refractivity contribution < 1.29 is 14.3 Å². The van der Waals surface area contributed by atoms with Crippen molar-refractivity contribution in [1.82, 2.24) is 19.4 Å². The van der Waals surface area contributed by atoms with Crippen LogP contribution in [0.3, 0.4) is 0 Å². The van der Waals surface area contributed by atoms with E-state index in [1.165, 1.54) is 12.1 Å². The van der Waals surface area contributed by atoms with Crippen LogP contribution in [0.4, 0.5) is 16.0 Å². The van der Waals surface area contributed by atoms with Crippen molar-refractivity contribution in [2.24, 2.45) is 0 Å². The maximum atomic E-state index is 13.4. The average molecular weight is 492 g/mol. The summed E-state index contributed by atoms with van der Waals surface area (Å²) < 4.78 is 15.1. The zero-order valence-electron chi connectivity index (χ0n) is 18.9. The number of nitrogens with one attached hydrogen (secondary N) is 1. The predicted octanol–water partition coefficient (Wildman–Crippen LogP) is 4.98. The number of carbonyl (C=O) groups excluding carboxylic acids is 1. The third-order valence-electron chi connectivity index (χ3n) is 6.09. The minimum Gasteiger partial charge on any atom is -0.394 e. The van der Waals surface area contributed by atoms with Gasteiger partial charge in [0.15, 0.2) is 0 Å². The summed E-state index contributed by atoms with van der Waals surface area (Å²) in [6.07, 6.45) is 3.62. The average Bonchev–Trinajstić information content (AvgIpc) is 3.29. The second kappa shape index (κ2) is 9.48. The van der Waals surface area contributed by atoms with E-state index in [9.17, 15) is 14.3 Å². The van der Waals surface area contributed by atoms with Crippen LogP contribution in [0.2, 0.25) is 5.02 Å². The number of nitrogens with zero attached hydrogens (tertiary/aromatic N) is 4. The molecule has 0 aliphatic carbocycles. The molecule has 0 fully saturated rings. The van der Waals surface area contributed by atoms with Gasteiger partial charge in [0.2, 0.25) is 5.95 Å². The van der Waals surface area contributed by atoms with Crippen LogP contribution in [-0.2, 0) is 6.54 Å². The highest BCUT2D eigenvalue weighted by molar-refractivity contribution is 6.30. The van der Waals surface area contributed by atoms with E-state index in [0.717, 1.165) is 16.7 Å². The van der Waals surface area contributed by atoms with Crippen molar-refractivity contribution in [3.05, 3.63) is 94.7 Å². The van der Waals surface area contributed by atoms with E-state index in [4.69, 9.17) is 11.6 Å². The van der Waals surface area contributed by atoms with Crippen molar-refractivity contribution in [3.63, 3.8) is 0 Å². The quantitative estimate of drug-likeness (QED) is 0.397. The molecule has 1 atom stereocenters. The lowest BCUT2D eigenvalue weighted by molar-refractivity contribution is 0.0526. The SMILES string of the molecule is Cc1cnc(Nc2ccc(F)cc2)nc1-c1cc2n(c1)CCN(C(CO)c1cccc(Cl)c1)C2=O. The molecule has 0 bridgehead atoms. The molecule has 178 valence electrons. The van der Waals surface area contributed by atoms with Gasteiger partial charge in [-0.3, -0.25) is 4.79 Å². The van der Waals surface area contributed by atoms with Crippen LogP contribution in [0.25, 0.3) is 11.3 Å². The molecule has 9 heteroatoms. The van der Waals surface area contributed by atoms with Gasteiger partial charge in [-0.15, -0.1) is 0 Å². The molecule has 1 aliphatic rings. The van der Waals surface area contributed by atoms with Gasteiger partial charge in [-0.05, 0) is 60.5 Å². The molecule has 7 nitrogen and oxygen atoms in total. The molecule has 4 aromatic rings. The Morgan fingerprint density at radius 3 is 2.71 bits per heavy atom. The van der Waals surface area contributed by atoms with E-state index in [2.05, 4.69) is 15.3 Å². The fourth-order valence-corrected chi connectivity index (χ4v) is 4.52. The lowest BCUT2D eigenvalue weighted by Gasteiger charge is -2.34. The predicted molar refractivity (Wildman–Crippen MR) is 132 cm³/mol. The third-order valence-corrected chi connectivity index (χ3v) is 6.32. The number of benzene rings is 2. The first kappa shape index (κ1) is 23.0. The maximum Gasteiger partial charge on any atom is 0.271 e. The molecule has 1 amide bonds. The van der Waals surface area contributed by atoms with Crippen LogP contribution in [0.15, 0.2) is 67.0 Å². The molecule has 1 unspecified atom stereocenters. The van der Waals surface area contributed by atoms with E-state index in [1.807, 2.05) is 35.9 Å². The van der Waals surface area contributed by atoms with Crippen LogP contribution in [0, 0.1) is 12.7 Å². The molecule has 1 aliphatic heterocycles. The first-order chi connectivity index (χ1) is 16.9. The number of halogens is 2. The van der Waals surface area contributed by atoms with Crippen LogP contribution in [-0.4, -0.2) is 43.6 Å². The van der Waals surface area contributed by atoms with Gasteiger partial charge in [0.05, 0.1) is 18.3 Å². The highest BCUT2D eigenvalue weighted by Crippen LogP contribution is 2.31. The Morgan fingerprint density at radius 2 is 1.97 bits per heavy atom. The molecule has 0 radical (unpaired) electrons. The molecule has 5 rings (SSSR count). The van der Waals surface area contributed by atoms with Crippen molar-refractivity contribution >= 4 is 29.1 Å². The molecular formula is C26H23ClFN5O2. The van der Waals surface area contributed by atoms with Gasteiger partial charge in [0.25, 0.3) is 5.91 Å². The van der Waals surface area contributed by atoms with Crippen LogP contribution < -0.4 is 5.32 Å². The Balaban J connectivity index is 1.43. The normalized spacial score (nSPS) is 14.1. The Kier molecular flexibility index (Phi) is 6.23. The number of hydrogen-bond donors (Lipinski definition) is 2. The molecule has 0 spiro atoms. The van der Waals surface area contributed by atoms with E-state index in [0.29, 0.717) is 41.1 Å². The van der Waals surface area contributed by atoms with Crippen molar-refractivity contribution in [1.29, 1.82) is 0 Å². The third kappa shape index (κ3) is 4.62. The minimum atomic E-state index is -0.486. The summed E-state index contributed by atoms with van der Waals surface area (Å²) in [5.74, 6) is -0.119. The Hall–Kier alpha value is -3.75. The smallest absolute Gasteiger partial charge is 0.271 e. The van der Waals surface area contributed by atoms with Crippen molar-refractivity contribution in [3.8, 4) is 11.3 Å². The monoisotopic (exact) mass is 491 g/mol. The van der Waals surface area contributed by atoms with Crippen LogP contribution >= 0.6 is 11.6 Å². The number of aromatic nitrogens is 3. The van der Waals surface area contributed by atoms with Crippen LogP contribution in [0.1, 0.15) is 27.7 Å². The fraction of sp³-hybridized carbons (Fsp3) is 0.192. The summed E-state index contributed by atoms with van der Waals surface area (Å²) in [6, 6.07) is 14.5. The number of aryl methyl sites for hydroxylation is 1. The summed E-state index contributed by atoms with van der Waals surface area (Å²) in [7, 11) is 0. The van der Waals surface area contributed by atoms with Gasteiger partial charge >= 0.3 is 0 Å². The van der Waals surface area contributed by atoms with E-state index in [1.54, 1.807) is 35.4 Å². The van der Waals surface area contributed by atoms with Crippen LogP contribution in [0.5, 0.6) is 0 Å². The van der Waals surface area contributed by atoms with E-state index >= 15 is 0 Å². The zero-order valence-corrected chi connectivity index (χ0v) is 19.7. The number of amides is 1. The van der Waals surface area contributed by atoms with Gasteiger partial charge < -0.3 is 19.9 Å². The number of rotatable bonds is 6. The summed E-state index contributed by atoms with van der Waals surface area (Å²) in [5.41, 5.74) is 4.32. The number of aliphatic hydroxyl groups excluding tert-OH is 1. The summed E-state index contributed by atoms with van der Waals surface area (Å²) in [4.78, 5) is 24.1. The molecular weight excluding hydrogens is 469 g/mol. The van der Waals surface area contributed by atoms with Gasteiger partial charge in [0, 0.05) is 41.8 Å². The highest BCUT2D eigenvalue weighted by Gasteiger charge is 2.32. The Labute approximate surface area is 206 Å². The Bertz CT molecular complexity index is 1390. The molecule has 2 aromatic heterocycles. The molecule has 35 heavy (non-hydrogen) atoms. The summed E-state index contributed by atoms with van der Waals surface area (Å²) in [5, 5.41) is 13.7. The topological polar surface area (TPSA) is 83.3 Å².